The number of morpholine rings is 1. The van der Waals surface area contributed by atoms with Gasteiger partial charge in [0, 0.05) is 36.1 Å². The van der Waals surface area contributed by atoms with E-state index in [9.17, 15) is 9.59 Å². The molecule has 35 heavy (non-hydrogen) atoms. The fourth-order valence-electron chi connectivity index (χ4n) is 4.15. The molecule has 4 rings (SSSR count). The Hall–Kier alpha value is -2.71. The molecule has 2 atom stereocenters. The van der Waals surface area contributed by atoms with Gasteiger partial charge in [0.25, 0.3) is 11.8 Å². The molecule has 0 saturated carbocycles. The van der Waals surface area contributed by atoms with Crippen molar-refractivity contribution >= 4 is 51.5 Å². The van der Waals surface area contributed by atoms with Crippen LogP contribution in [0.15, 0.2) is 54.9 Å². The molecule has 184 valence electrons. The highest BCUT2D eigenvalue weighted by atomic mass is 35.5. The summed E-state index contributed by atoms with van der Waals surface area (Å²) in [6, 6.07) is 12.8. The van der Waals surface area contributed by atoms with E-state index in [-0.39, 0.29) is 17.0 Å². The zero-order chi connectivity index (χ0) is 25.2. The molecule has 9 heteroatoms. The highest BCUT2D eigenvalue weighted by molar-refractivity contribution is 6.42. The van der Waals surface area contributed by atoms with Crippen molar-refractivity contribution < 1.29 is 14.3 Å². The molecule has 2 heterocycles. The summed E-state index contributed by atoms with van der Waals surface area (Å²) < 4.78 is 5.76. The van der Waals surface area contributed by atoms with Crippen molar-refractivity contribution in [3.63, 3.8) is 0 Å². The van der Waals surface area contributed by atoms with E-state index >= 15 is 0 Å². The average molecular weight is 515 g/mol. The van der Waals surface area contributed by atoms with Crippen LogP contribution in [0, 0.1) is 0 Å². The van der Waals surface area contributed by atoms with Gasteiger partial charge in [-0.15, -0.1) is 0 Å². The Balaban J connectivity index is 1.67. The summed E-state index contributed by atoms with van der Waals surface area (Å²) in [6.07, 6.45) is 2.61. The second-order valence-corrected chi connectivity index (χ2v) is 9.87. The van der Waals surface area contributed by atoms with E-state index in [1.54, 1.807) is 37.5 Å². The lowest BCUT2D eigenvalue weighted by molar-refractivity contribution is -0.143. The summed E-state index contributed by atoms with van der Waals surface area (Å²) in [4.78, 5) is 33.6. The van der Waals surface area contributed by atoms with Crippen molar-refractivity contribution in [1.29, 1.82) is 0 Å². The van der Waals surface area contributed by atoms with Crippen LogP contribution in [0.5, 0.6) is 0 Å². The van der Waals surface area contributed by atoms with E-state index in [4.69, 9.17) is 27.9 Å². The van der Waals surface area contributed by atoms with E-state index in [1.165, 1.54) is 0 Å². The molecule has 2 amide bonds. The lowest BCUT2D eigenvalue weighted by Crippen LogP contribution is -2.58. The van der Waals surface area contributed by atoms with Crippen molar-refractivity contribution in [3.05, 3.63) is 70.5 Å². The van der Waals surface area contributed by atoms with E-state index in [0.29, 0.717) is 29.4 Å². The monoisotopic (exact) mass is 514 g/mol. The van der Waals surface area contributed by atoms with Crippen LogP contribution in [0.1, 0.15) is 26.3 Å². The highest BCUT2D eigenvalue weighted by Crippen LogP contribution is 2.31. The Labute approximate surface area is 214 Å². The quantitative estimate of drug-likeness (QED) is 0.501. The minimum absolute atomic E-state index is 0.276. The molecule has 1 aliphatic rings. The number of anilines is 1. The molecule has 0 bridgehead atoms. The van der Waals surface area contributed by atoms with Crippen molar-refractivity contribution in [3.8, 4) is 0 Å². The molecular weight excluding hydrogens is 487 g/mol. The zero-order valence-corrected chi connectivity index (χ0v) is 21.4. The predicted molar refractivity (Wildman–Crippen MR) is 139 cm³/mol. The lowest BCUT2D eigenvalue weighted by atomic mass is 9.90. The smallest absolute Gasteiger partial charge is 0.254 e. The molecule has 0 aliphatic carbocycles. The summed E-state index contributed by atoms with van der Waals surface area (Å²) in [5.41, 5.74) is -0.442. The Bertz CT molecular complexity index is 1250. The maximum absolute atomic E-state index is 13.8. The summed E-state index contributed by atoms with van der Waals surface area (Å²) >= 11 is 12.4. The van der Waals surface area contributed by atoms with Gasteiger partial charge in [0.2, 0.25) is 0 Å². The van der Waals surface area contributed by atoms with E-state index < -0.39 is 17.6 Å². The Kier molecular flexibility index (Phi) is 7.62. The number of carbonyl (C=O) groups excluding carboxylic acids is 2. The number of aromatic nitrogens is 1. The number of fused-ring (bicyclic) bond motifs is 1. The van der Waals surface area contributed by atoms with Gasteiger partial charge >= 0.3 is 0 Å². The first-order valence-corrected chi connectivity index (χ1v) is 12.2. The SMILES string of the molecule is CC(C)N1CCO[C@@H](C(=O)N[C@@](C)(C(=O)Nc2cncc3ccccc23)c2ccc(Cl)c(Cl)c2)C1. The van der Waals surface area contributed by atoms with Gasteiger partial charge in [-0.25, -0.2) is 0 Å². The molecule has 2 N–H and O–H groups in total. The molecule has 3 aromatic rings. The minimum atomic E-state index is -1.47. The second-order valence-electron chi connectivity index (χ2n) is 9.05. The van der Waals surface area contributed by atoms with E-state index in [2.05, 4.69) is 34.4 Å². The zero-order valence-electron chi connectivity index (χ0n) is 19.8. The number of hydrogen-bond acceptors (Lipinski definition) is 5. The first kappa shape index (κ1) is 25.4. The maximum atomic E-state index is 13.8. The third-order valence-corrected chi connectivity index (χ3v) is 7.10. The number of pyridine rings is 1. The van der Waals surface area contributed by atoms with Gasteiger partial charge in [-0.3, -0.25) is 19.5 Å². The lowest BCUT2D eigenvalue weighted by Gasteiger charge is -2.37. The first-order chi connectivity index (χ1) is 16.7. The van der Waals surface area contributed by atoms with Gasteiger partial charge in [-0.1, -0.05) is 53.5 Å². The first-order valence-electron chi connectivity index (χ1n) is 11.5. The number of nitrogens with one attached hydrogen (secondary N) is 2. The number of halogens is 2. The van der Waals surface area contributed by atoms with Gasteiger partial charge in [0.1, 0.15) is 11.6 Å². The van der Waals surface area contributed by atoms with Crippen LogP contribution < -0.4 is 10.6 Å². The van der Waals surface area contributed by atoms with Crippen LogP contribution in [0.4, 0.5) is 5.69 Å². The van der Waals surface area contributed by atoms with Gasteiger partial charge < -0.3 is 15.4 Å². The summed E-state index contributed by atoms with van der Waals surface area (Å²) in [6.45, 7) is 7.42. The molecule has 1 aromatic heterocycles. The Morgan fingerprint density at radius 3 is 2.66 bits per heavy atom. The van der Waals surface area contributed by atoms with Crippen LogP contribution >= 0.6 is 23.2 Å². The minimum Gasteiger partial charge on any atom is -0.366 e. The van der Waals surface area contributed by atoms with Crippen LogP contribution in [0.25, 0.3) is 10.8 Å². The third-order valence-electron chi connectivity index (χ3n) is 6.36. The van der Waals surface area contributed by atoms with Crippen LogP contribution in [0.3, 0.4) is 0 Å². The topological polar surface area (TPSA) is 83.6 Å². The molecule has 1 fully saturated rings. The third kappa shape index (κ3) is 5.43. The van der Waals surface area contributed by atoms with Crippen molar-refractivity contribution in [2.24, 2.45) is 0 Å². The summed E-state index contributed by atoms with van der Waals surface area (Å²) in [5, 5.41) is 8.23. The van der Waals surface area contributed by atoms with Gasteiger partial charge in [0.15, 0.2) is 0 Å². The number of nitrogens with zero attached hydrogens (tertiary/aromatic N) is 2. The fraction of sp³-hybridized carbons (Fsp3) is 0.346. The van der Waals surface area contributed by atoms with Crippen molar-refractivity contribution in [2.75, 3.05) is 25.0 Å². The maximum Gasteiger partial charge on any atom is 0.254 e. The standard InChI is InChI=1S/C26H28Cl2N4O3/c1-16(2)32-10-11-35-23(15-32)24(33)31-26(3,18-8-9-20(27)21(28)12-18)25(34)30-22-14-29-13-17-6-4-5-7-19(17)22/h4-9,12-14,16,23H,10-11,15H2,1-3H3,(H,30,34)(H,31,33)/t23-,26-/m1/s1. The fourth-order valence-corrected chi connectivity index (χ4v) is 4.45. The van der Waals surface area contributed by atoms with Crippen molar-refractivity contribution in [2.45, 2.75) is 38.5 Å². The highest BCUT2D eigenvalue weighted by Gasteiger charge is 2.40. The Morgan fingerprint density at radius 2 is 1.91 bits per heavy atom. The number of rotatable bonds is 6. The van der Waals surface area contributed by atoms with Gasteiger partial charge in [-0.05, 0) is 38.5 Å². The molecule has 7 nitrogen and oxygen atoms in total. The number of amides is 2. The van der Waals surface area contributed by atoms with Crippen LogP contribution in [-0.4, -0.2) is 53.5 Å². The van der Waals surface area contributed by atoms with E-state index in [1.807, 2.05) is 24.3 Å². The molecule has 1 aliphatic heterocycles. The molecule has 1 saturated heterocycles. The van der Waals surface area contributed by atoms with Crippen LogP contribution in [0.2, 0.25) is 10.0 Å². The number of benzene rings is 2. The predicted octanol–water partition coefficient (Wildman–Crippen LogP) is 4.62. The summed E-state index contributed by atoms with van der Waals surface area (Å²) in [7, 11) is 0. The van der Waals surface area contributed by atoms with Gasteiger partial charge in [-0.2, -0.15) is 0 Å². The van der Waals surface area contributed by atoms with Crippen LogP contribution in [-0.2, 0) is 19.9 Å². The molecule has 0 unspecified atom stereocenters. The number of ether oxygens (including phenoxy) is 1. The normalized spacial score (nSPS) is 18.3. The Morgan fingerprint density at radius 1 is 1.14 bits per heavy atom. The molecule has 0 spiro atoms. The number of carbonyl (C=O) groups is 2. The average Bonchev–Trinajstić information content (AvgIpc) is 2.85. The largest absolute Gasteiger partial charge is 0.366 e. The van der Waals surface area contributed by atoms with Crippen molar-refractivity contribution in [1.82, 2.24) is 15.2 Å². The second kappa shape index (κ2) is 10.5. The molecule has 0 radical (unpaired) electrons. The number of hydrogen-bond donors (Lipinski definition) is 2. The molecule has 2 aromatic carbocycles. The summed E-state index contributed by atoms with van der Waals surface area (Å²) in [5.74, 6) is -0.825. The van der Waals surface area contributed by atoms with E-state index in [0.717, 1.165) is 17.3 Å². The molecular formula is C26H28Cl2N4O3. The van der Waals surface area contributed by atoms with Gasteiger partial charge in [0.05, 0.1) is 28.5 Å².